The molecule has 0 radical (unpaired) electrons. The summed E-state index contributed by atoms with van der Waals surface area (Å²) in [7, 11) is 2.66. The fourth-order valence-electron chi connectivity index (χ4n) is 4.68. The van der Waals surface area contributed by atoms with E-state index < -0.39 is 23.8 Å². The maximum absolute atomic E-state index is 14.1. The number of esters is 1. The van der Waals surface area contributed by atoms with Crippen LogP contribution in [0.25, 0.3) is 6.08 Å². The van der Waals surface area contributed by atoms with Gasteiger partial charge in [-0.15, -0.1) is 0 Å². The minimum absolute atomic E-state index is 0.0447. The molecule has 10 nitrogen and oxygen atoms in total. The topological polar surface area (TPSA) is 124 Å². The number of nitrogens with one attached hydrogen (secondary N) is 1. The fraction of sp³-hybridized carbons (Fsp3) is 0.162. The summed E-state index contributed by atoms with van der Waals surface area (Å²) >= 11 is 4.42. The van der Waals surface area contributed by atoms with Gasteiger partial charge in [-0.2, -0.15) is 4.99 Å². The van der Waals surface area contributed by atoms with E-state index in [9.17, 15) is 19.2 Å². The molecule has 0 saturated carbocycles. The van der Waals surface area contributed by atoms with Gasteiger partial charge >= 0.3 is 5.97 Å². The van der Waals surface area contributed by atoms with E-state index in [-0.39, 0.29) is 40.5 Å². The van der Waals surface area contributed by atoms with Gasteiger partial charge in [0.05, 0.1) is 26.0 Å². The van der Waals surface area contributed by atoms with E-state index in [2.05, 4.69) is 37.6 Å². The van der Waals surface area contributed by atoms with Crippen LogP contribution in [0.4, 0.5) is 0 Å². The Hall–Kier alpha value is -5.20. The van der Waals surface area contributed by atoms with E-state index in [1.807, 2.05) is 60.7 Å². The number of halogens is 1. The molecule has 0 aromatic heterocycles. The van der Waals surface area contributed by atoms with Crippen LogP contribution in [-0.2, 0) is 23.9 Å². The Balaban J connectivity index is 1.64. The monoisotopic (exact) mass is 743 g/mol. The van der Waals surface area contributed by atoms with Crippen LogP contribution in [0.5, 0.6) is 11.5 Å². The molecule has 0 fully saturated rings. The van der Waals surface area contributed by atoms with Crippen molar-refractivity contribution in [2.24, 2.45) is 4.99 Å². The first-order chi connectivity index (χ1) is 23.7. The Kier molecular flexibility index (Phi) is 13.3. The lowest BCUT2D eigenvalue weighted by molar-refractivity contribution is -0.143. The summed E-state index contributed by atoms with van der Waals surface area (Å²) in [4.78, 5) is 58.0. The van der Waals surface area contributed by atoms with Crippen LogP contribution in [0.2, 0.25) is 0 Å². The van der Waals surface area contributed by atoms with E-state index >= 15 is 0 Å². The quantitative estimate of drug-likeness (QED) is 0.0924. The lowest BCUT2D eigenvalue weighted by Gasteiger charge is -2.28. The molecule has 0 spiro atoms. The Morgan fingerprint density at radius 2 is 1.67 bits per heavy atom. The molecule has 1 N–H and O–H groups in total. The fourth-order valence-corrected chi connectivity index (χ4v) is 5.92. The zero-order valence-corrected chi connectivity index (χ0v) is 29.5. The zero-order chi connectivity index (χ0) is 35.3. The first kappa shape index (κ1) is 36.6. The lowest BCUT2D eigenvalue weighted by atomic mass is 9.99. The maximum Gasteiger partial charge on any atom is 0.343 e. The lowest BCUT2D eigenvalue weighted by Crippen LogP contribution is -2.42. The van der Waals surface area contributed by atoms with Crippen LogP contribution in [0.3, 0.4) is 0 Å². The number of hydrogen-bond acceptors (Lipinski definition) is 8. The Morgan fingerprint density at radius 1 is 1.02 bits per heavy atom. The van der Waals surface area contributed by atoms with Crippen molar-refractivity contribution >= 4 is 62.6 Å². The molecule has 3 aromatic carbocycles. The highest BCUT2D eigenvalue weighted by atomic mass is 79.9. The molecule has 0 unspecified atom stereocenters. The summed E-state index contributed by atoms with van der Waals surface area (Å²) in [5, 5.41) is 3.12. The molecular formula is C37H34BrN3O7S. The van der Waals surface area contributed by atoms with E-state index in [4.69, 9.17) is 9.47 Å². The molecule has 3 amide bonds. The number of methoxy groups -OCH3 is 2. The minimum atomic E-state index is -0.782. The molecule has 4 rings (SSSR count). The molecule has 0 aliphatic carbocycles. The molecule has 0 atom stereocenters. The number of thioether (sulfide) groups is 1. The van der Waals surface area contributed by atoms with Gasteiger partial charge in [-0.25, -0.2) is 4.79 Å². The van der Waals surface area contributed by atoms with Crippen molar-refractivity contribution in [3.63, 3.8) is 0 Å². The van der Waals surface area contributed by atoms with Gasteiger partial charge in [0.25, 0.3) is 11.8 Å². The first-order valence-corrected chi connectivity index (χ1v) is 16.7. The van der Waals surface area contributed by atoms with Crippen LogP contribution in [0.1, 0.15) is 29.7 Å². The summed E-state index contributed by atoms with van der Waals surface area (Å²) < 4.78 is 16.0. The number of rotatable bonds is 13. The van der Waals surface area contributed by atoms with Crippen molar-refractivity contribution < 1.29 is 33.4 Å². The van der Waals surface area contributed by atoms with Gasteiger partial charge in [0.15, 0.2) is 23.3 Å². The average molecular weight is 745 g/mol. The number of nitrogens with zero attached hydrogens (tertiary/aromatic N) is 2. The average Bonchev–Trinajstić information content (AvgIpc) is 3.12. The summed E-state index contributed by atoms with van der Waals surface area (Å²) in [6, 6.07) is 21.9. The Morgan fingerprint density at radius 3 is 2.24 bits per heavy atom. The van der Waals surface area contributed by atoms with Crippen molar-refractivity contribution in [3.05, 3.63) is 136 Å². The van der Waals surface area contributed by atoms with Crippen LogP contribution in [0.15, 0.2) is 124 Å². The van der Waals surface area contributed by atoms with Gasteiger partial charge in [0, 0.05) is 10.2 Å². The molecular weight excluding hydrogens is 710 g/mol. The van der Waals surface area contributed by atoms with Gasteiger partial charge in [-0.3, -0.25) is 19.3 Å². The molecule has 12 heteroatoms. The highest BCUT2D eigenvalue weighted by Gasteiger charge is 2.35. The molecule has 1 aliphatic rings. The van der Waals surface area contributed by atoms with Gasteiger partial charge in [0.2, 0.25) is 5.91 Å². The Labute approximate surface area is 297 Å². The number of carbonyl (C=O) groups is 4. The van der Waals surface area contributed by atoms with Crippen molar-refractivity contribution in [1.82, 2.24) is 10.2 Å². The van der Waals surface area contributed by atoms with E-state index in [1.54, 1.807) is 43.4 Å². The molecule has 0 saturated heterocycles. The maximum atomic E-state index is 14.1. The largest absolute Gasteiger partial charge is 0.493 e. The van der Waals surface area contributed by atoms with Crippen LogP contribution >= 0.6 is 27.7 Å². The zero-order valence-electron chi connectivity index (χ0n) is 27.1. The second-order valence-electron chi connectivity index (χ2n) is 10.2. The number of amidine groups is 1. The third-order valence-corrected chi connectivity index (χ3v) is 8.69. The number of ether oxygens (including phenoxy) is 3. The van der Waals surface area contributed by atoms with E-state index in [1.165, 1.54) is 25.2 Å². The number of allylic oxidation sites excluding steroid dienone is 4. The molecule has 0 bridgehead atoms. The summed E-state index contributed by atoms with van der Waals surface area (Å²) in [5.74, 6) is -1.95. The molecule has 1 heterocycles. The van der Waals surface area contributed by atoms with E-state index in [0.29, 0.717) is 15.7 Å². The molecule has 3 aromatic rings. The normalized spacial score (nSPS) is 14.2. The molecule has 252 valence electrons. The molecule has 1 aliphatic heterocycles. The third kappa shape index (κ3) is 9.46. The number of amides is 3. The third-order valence-electron chi connectivity index (χ3n) is 7.07. The summed E-state index contributed by atoms with van der Waals surface area (Å²) in [6.45, 7) is 5.10. The van der Waals surface area contributed by atoms with Crippen LogP contribution in [-0.4, -0.2) is 60.3 Å². The van der Waals surface area contributed by atoms with E-state index in [0.717, 1.165) is 22.9 Å². The van der Waals surface area contributed by atoms with Gasteiger partial charge in [-0.05, 0) is 47.9 Å². The number of aliphatic imine (C=N–C) groups is 1. The van der Waals surface area contributed by atoms with Crippen LogP contribution in [0, 0.1) is 0 Å². The highest BCUT2D eigenvalue weighted by Crippen LogP contribution is 2.36. The standard InChI is InChI=1S/C37H34BrN3O7S/c1-5-7-18-27(6-2)41-36(45)28(19-26-20-30(46-3)31(21-29(26)38)48-22-33(43)47-4)35(44)40-37(41)49-23-32(42)39-34(24-14-10-8-11-15-24)25-16-12-9-13-17-25/h5-21,34H,1,22-23H2,2-4H3,(H,39,42)/b18-7-,27-6+,28-19+. The van der Waals surface area contributed by atoms with Crippen LogP contribution < -0.4 is 14.8 Å². The summed E-state index contributed by atoms with van der Waals surface area (Å²) in [5.41, 5.74) is 2.42. The first-order valence-electron chi connectivity index (χ1n) is 14.9. The predicted octanol–water partition coefficient (Wildman–Crippen LogP) is 6.40. The van der Waals surface area contributed by atoms with Crippen molar-refractivity contribution in [2.45, 2.75) is 13.0 Å². The van der Waals surface area contributed by atoms with Crippen molar-refractivity contribution in [2.75, 3.05) is 26.6 Å². The second-order valence-corrected chi connectivity index (χ2v) is 12.0. The highest BCUT2D eigenvalue weighted by molar-refractivity contribution is 9.10. The van der Waals surface area contributed by atoms with Gasteiger partial charge in [0.1, 0.15) is 5.57 Å². The molecule has 49 heavy (non-hydrogen) atoms. The number of benzene rings is 3. The van der Waals surface area contributed by atoms with Gasteiger partial charge < -0.3 is 19.5 Å². The number of hydrogen-bond donors (Lipinski definition) is 1. The Bertz CT molecular complexity index is 1800. The predicted molar refractivity (Wildman–Crippen MR) is 194 cm³/mol. The SMILES string of the molecule is C=C/C=C\C(=C/C)N1C(=O)/C(=C/c2cc(OC)c(OCC(=O)OC)cc2Br)C(=O)N=C1SCC(=O)NC(c1ccccc1)c1ccccc1. The number of carbonyl (C=O) groups excluding carboxylic acids is 4. The summed E-state index contributed by atoms with van der Waals surface area (Å²) in [6.07, 6.45) is 7.94. The van der Waals surface area contributed by atoms with Crippen molar-refractivity contribution in [3.8, 4) is 11.5 Å². The minimum Gasteiger partial charge on any atom is -0.493 e. The van der Waals surface area contributed by atoms with Gasteiger partial charge in [-0.1, -0.05) is 113 Å². The van der Waals surface area contributed by atoms with Crippen molar-refractivity contribution in [1.29, 1.82) is 0 Å². The second kappa shape index (κ2) is 17.8. The smallest absolute Gasteiger partial charge is 0.343 e.